The number of carbonyl (C=O) groups is 1. The Morgan fingerprint density at radius 2 is 2.47 bits per heavy atom. The lowest BCUT2D eigenvalue weighted by Gasteiger charge is -2.17. The molecule has 0 amide bonds. The lowest BCUT2D eigenvalue weighted by molar-refractivity contribution is -0.147. The van der Waals surface area contributed by atoms with E-state index in [0.29, 0.717) is 5.69 Å². The van der Waals surface area contributed by atoms with Crippen LogP contribution in [0.1, 0.15) is 18.7 Å². The van der Waals surface area contributed by atoms with Gasteiger partial charge in [0.1, 0.15) is 12.1 Å². The van der Waals surface area contributed by atoms with Crippen molar-refractivity contribution in [1.82, 2.24) is 9.55 Å². The van der Waals surface area contributed by atoms with Crippen LogP contribution in [0.4, 0.5) is 0 Å². The first-order chi connectivity index (χ1) is 7.07. The van der Waals surface area contributed by atoms with Gasteiger partial charge in [0.25, 0.3) is 0 Å². The van der Waals surface area contributed by atoms with E-state index < -0.39 is 18.1 Å². The maximum atomic E-state index is 11.3. The van der Waals surface area contributed by atoms with Crippen LogP contribution in [0.5, 0.6) is 0 Å². The number of aliphatic hydroxyl groups is 1. The van der Waals surface area contributed by atoms with Gasteiger partial charge in [-0.1, -0.05) is 0 Å². The SMILES string of the molecule is CCOC(=O)C(N)C(O)c1cncn1C. The number of hydrogen-bond acceptors (Lipinski definition) is 5. The summed E-state index contributed by atoms with van der Waals surface area (Å²) in [4.78, 5) is 15.1. The maximum absolute atomic E-state index is 11.3. The molecule has 0 fully saturated rings. The fraction of sp³-hybridized carbons (Fsp3) is 0.556. The second kappa shape index (κ2) is 4.90. The topological polar surface area (TPSA) is 90.4 Å². The smallest absolute Gasteiger partial charge is 0.326 e. The summed E-state index contributed by atoms with van der Waals surface area (Å²) in [5, 5.41) is 9.77. The summed E-state index contributed by atoms with van der Waals surface area (Å²) in [6.07, 6.45) is 1.89. The molecule has 0 saturated carbocycles. The Morgan fingerprint density at radius 1 is 1.80 bits per heavy atom. The Balaban J connectivity index is 2.72. The minimum absolute atomic E-state index is 0.241. The van der Waals surface area contributed by atoms with Crippen molar-refractivity contribution in [3.05, 3.63) is 18.2 Å². The first-order valence-corrected chi connectivity index (χ1v) is 4.64. The Kier molecular flexibility index (Phi) is 3.81. The number of carbonyl (C=O) groups excluding carboxylic acids is 1. The Morgan fingerprint density at radius 3 is 2.93 bits per heavy atom. The van der Waals surface area contributed by atoms with E-state index in [0.717, 1.165) is 0 Å². The summed E-state index contributed by atoms with van der Waals surface area (Å²) in [6.45, 7) is 1.92. The number of rotatable bonds is 4. The van der Waals surface area contributed by atoms with Crippen molar-refractivity contribution >= 4 is 5.97 Å². The van der Waals surface area contributed by atoms with E-state index in [4.69, 9.17) is 10.5 Å². The van der Waals surface area contributed by atoms with Gasteiger partial charge in [-0.3, -0.25) is 4.79 Å². The van der Waals surface area contributed by atoms with Crippen LogP contribution in [0, 0.1) is 0 Å². The quantitative estimate of drug-likeness (QED) is 0.648. The molecule has 1 heterocycles. The monoisotopic (exact) mass is 213 g/mol. The van der Waals surface area contributed by atoms with Crippen LogP contribution < -0.4 is 5.73 Å². The zero-order valence-corrected chi connectivity index (χ0v) is 8.75. The predicted molar refractivity (Wildman–Crippen MR) is 52.8 cm³/mol. The summed E-state index contributed by atoms with van der Waals surface area (Å²) >= 11 is 0. The van der Waals surface area contributed by atoms with Crippen LogP contribution in [0.15, 0.2) is 12.5 Å². The van der Waals surface area contributed by atoms with Gasteiger partial charge in [-0.2, -0.15) is 0 Å². The molecule has 1 rings (SSSR count). The number of nitrogens with zero attached hydrogens (tertiary/aromatic N) is 2. The fourth-order valence-electron chi connectivity index (χ4n) is 1.20. The van der Waals surface area contributed by atoms with Gasteiger partial charge in [0.05, 0.1) is 24.8 Å². The zero-order chi connectivity index (χ0) is 11.4. The minimum Gasteiger partial charge on any atom is -0.465 e. The van der Waals surface area contributed by atoms with Crippen molar-refractivity contribution in [2.24, 2.45) is 12.8 Å². The summed E-state index contributed by atoms with van der Waals surface area (Å²) < 4.78 is 6.31. The van der Waals surface area contributed by atoms with Crippen LogP contribution >= 0.6 is 0 Å². The molecule has 0 spiro atoms. The zero-order valence-electron chi connectivity index (χ0n) is 8.75. The Hall–Kier alpha value is -1.40. The molecule has 0 aliphatic carbocycles. The second-order valence-corrected chi connectivity index (χ2v) is 3.15. The van der Waals surface area contributed by atoms with E-state index in [9.17, 15) is 9.90 Å². The molecule has 0 aromatic carbocycles. The number of imidazole rings is 1. The Labute approximate surface area is 87.7 Å². The normalized spacial score (nSPS) is 14.7. The summed E-state index contributed by atoms with van der Waals surface area (Å²) in [5.41, 5.74) is 6.02. The molecule has 1 aromatic rings. The minimum atomic E-state index is -1.10. The number of ether oxygens (including phenoxy) is 1. The highest BCUT2D eigenvalue weighted by Crippen LogP contribution is 2.14. The summed E-state index contributed by atoms with van der Waals surface area (Å²) in [7, 11) is 1.71. The fourth-order valence-corrected chi connectivity index (χ4v) is 1.20. The highest BCUT2D eigenvalue weighted by atomic mass is 16.5. The van der Waals surface area contributed by atoms with Gasteiger partial charge in [-0.05, 0) is 6.92 Å². The third kappa shape index (κ3) is 2.54. The van der Waals surface area contributed by atoms with Gasteiger partial charge in [0.2, 0.25) is 0 Å². The van der Waals surface area contributed by atoms with E-state index in [1.54, 1.807) is 18.5 Å². The average molecular weight is 213 g/mol. The Bertz CT molecular complexity index is 337. The maximum Gasteiger partial charge on any atom is 0.326 e. The molecule has 1 aromatic heterocycles. The van der Waals surface area contributed by atoms with Crippen LogP contribution in [0.2, 0.25) is 0 Å². The van der Waals surface area contributed by atoms with Crippen molar-refractivity contribution in [3.63, 3.8) is 0 Å². The van der Waals surface area contributed by atoms with Crippen molar-refractivity contribution < 1.29 is 14.6 Å². The van der Waals surface area contributed by atoms with Crippen LogP contribution in [-0.4, -0.2) is 33.3 Å². The third-order valence-electron chi connectivity index (χ3n) is 2.06. The molecule has 0 radical (unpaired) electrons. The number of aliphatic hydroxyl groups excluding tert-OH is 1. The molecular formula is C9H15N3O3. The molecule has 84 valence electrons. The van der Waals surface area contributed by atoms with Crippen LogP contribution in [0.25, 0.3) is 0 Å². The molecule has 2 atom stereocenters. The molecule has 15 heavy (non-hydrogen) atoms. The predicted octanol–water partition coefficient (Wildman–Crippen LogP) is -0.656. The summed E-state index contributed by atoms with van der Waals surface area (Å²) in [6, 6.07) is -1.08. The molecule has 6 nitrogen and oxygen atoms in total. The van der Waals surface area contributed by atoms with E-state index in [1.807, 2.05) is 0 Å². The molecule has 2 unspecified atom stereocenters. The van der Waals surface area contributed by atoms with Crippen molar-refractivity contribution in [2.75, 3.05) is 6.61 Å². The van der Waals surface area contributed by atoms with Gasteiger partial charge in [0.15, 0.2) is 0 Å². The highest BCUT2D eigenvalue weighted by molar-refractivity contribution is 5.76. The number of aromatic nitrogens is 2. The molecule has 0 aliphatic rings. The van der Waals surface area contributed by atoms with Gasteiger partial charge in [0, 0.05) is 7.05 Å². The van der Waals surface area contributed by atoms with Gasteiger partial charge >= 0.3 is 5.97 Å². The number of esters is 1. The number of hydrogen-bond donors (Lipinski definition) is 2. The standard InChI is InChI=1S/C9H15N3O3/c1-3-15-9(14)7(10)8(13)6-4-11-5-12(6)2/h4-5,7-8,13H,3,10H2,1-2H3. The van der Waals surface area contributed by atoms with Crippen molar-refractivity contribution in [2.45, 2.75) is 19.1 Å². The average Bonchev–Trinajstić information content (AvgIpc) is 2.62. The van der Waals surface area contributed by atoms with E-state index >= 15 is 0 Å². The third-order valence-corrected chi connectivity index (χ3v) is 2.06. The van der Waals surface area contributed by atoms with E-state index in [1.165, 1.54) is 12.5 Å². The molecule has 0 bridgehead atoms. The van der Waals surface area contributed by atoms with Crippen molar-refractivity contribution in [1.29, 1.82) is 0 Å². The summed E-state index contributed by atoms with van der Waals surface area (Å²) in [5.74, 6) is -0.619. The first-order valence-electron chi connectivity index (χ1n) is 4.64. The lowest BCUT2D eigenvalue weighted by Crippen LogP contribution is -2.38. The molecular weight excluding hydrogens is 198 g/mol. The molecule has 3 N–H and O–H groups in total. The molecule has 6 heteroatoms. The highest BCUT2D eigenvalue weighted by Gasteiger charge is 2.27. The van der Waals surface area contributed by atoms with Gasteiger partial charge < -0.3 is 20.1 Å². The first kappa shape index (κ1) is 11.7. The van der Waals surface area contributed by atoms with Crippen molar-refractivity contribution in [3.8, 4) is 0 Å². The largest absolute Gasteiger partial charge is 0.465 e. The number of aryl methyl sites for hydroxylation is 1. The van der Waals surface area contributed by atoms with Gasteiger partial charge in [-0.15, -0.1) is 0 Å². The molecule has 0 aliphatic heterocycles. The lowest BCUT2D eigenvalue weighted by atomic mass is 10.1. The van der Waals surface area contributed by atoms with Gasteiger partial charge in [-0.25, -0.2) is 4.98 Å². The van der Waals surface area contributed by atoms with E-state index in [2.05, 4.69) is 4.98 Å². The van der Waals surface area contributed by atoms with Crippen LogP contribution in [-0.2, 0) is 16.6 Å². The molecule has 0 saturated heterocycles. The van der Waals surface area contributed by atoms with Crippen LogP contribution in [0.3, 0.4) is 0 Å². The van der Waals surface area contributed by atoms with E-state index in [-0.39, 0.29) is 6.61 Å². The number of nitrogens with two attached hydrogens (primary N) is 1. The second-order valence-electron chi connectivity index (χ2n) is 3.15.